The number of amides is 4. The Morgan fingerprint density at radius 2 is 0.500 bits per heavy atom. The molecule has 10 N–H and O–H groups in total. The second kappa shape index (κ2) is 13.3. The molecule has 0 radical (unpaired) electrons. The average molecular weight is 494 g/mol. The summed E-state index contributed by atoms with van der Waals surface area (Å²) in [5.74, 6) is -4.21. The monoisotopic (exact) mass is 494 g/mol. The molecule has 12 heteroatoms. The third-order valence-electron chi connectivity index (χ3n) is 4.29. The van der Waals surface area contributed by atoms with Gasteiger partial charge in [-0.25, -0.2) is 9.59 Å². The van der Waals surface area contributed by atoms with Crippen molar-refractivity contribution in [2.24, 2.45) is 22.9 Å². The van der Waals surface area contributed by atoms with E-state index in [4.69, 9.17) is 33.1 Å². The molecule has 0 spiro atoms. The number of rotatable bonds is 6. The first-order valence-corrected chi connectivity index (χ1v) is 9.79. The second-order valence-electron chi connectivity index (χ2n) is 6.80. The first-order valence-electron chi connectivity index (χ1n) is 9.79. The van der Waals surface area contributed by atoms with Crippen molar-refractivity contribution in [2.75, 3.05) is 0 Å². The van der Waals surface area contributed by atoms with Crippen molar-refractivity contribution in [1.29, 1.82) is 0 Å². The summed E-state index contributed by atoms with van der Waals surface area (Å²) in [6.45, 7) is 0. The Bertz CT molecular complexity index is 1010. The van der Waals surface area contributed by atoms with Crippen LogP contribution in [0.4, 0.5) is 0 Å². The lowest BCUT2D eigenvalue weighted by atomic mass is 10.1. The Labute approximate surface area is 204 Å². The third kappa shape index (κ3) is 9.15. The topological polar surface area (TPSA) is 247 Å². The summed E-state index contributed by atoms with van der Waals surface area (Å²) >= 11 is 0. The van der Waals surface area contributed by atoms with Gasteiger partial charge in [0.05, 0.1) is 11.1 Å². The first-order chi connectivity index (χ1) is 16.8. The first kappa shape index (κ1) is 28.5. The Morgan fingerprint density at radius 3 is 0.611 bits per heavy atom. The Hall–Kier alpha value is -5.52. The molecular weight excluding hydrogens is 472 g/mol. The van der Waals surface area contributed by atoms with E-state index in [9.17, 15) is 28.8 Å². The largest absolute Gasteiger partial charge is 0.478 e. The van der Waals surface area contributed by atoms with Crippen LogP contribution in [0.15, 0.2) is 72.8 Å². The maximum atomic E-state index is 10.6. The Balaban J connectivity index is 0.000000270. The lowest BCUT2D eigenvalue weighted by molar-refractivity contribution is 0.0681. The zero-order chi connectivity index (χ0) is 27.4. The number of carboxylic acid groups (broad SMARTS) is 2. The summed E-state index contributed by atoms with van der Waals surface area (Å²) in [7, 11) is 0. The highest BCUT2D eigenvalue weighted by molar-refractivity contribution is 5.97. The second-order valence-corrected chi connectivity index (χ2v) is 6.80. The van der Waals surface area contributed by atoms with Crippen molar-refractivity contribution >= 4 is 35.6 Å². The summed E-state index contributed by atoms with van der Waals surface area (Å²) in [5.41, 5.74) is 21.6. The molecule has 3 rings (SSSR count). The SMILES string of the molecule is NC(=O)c1ccc(C(N)=O)cc1.NC(=O)c1ccc(C(N)=O)cc1.O=C(O)c1ccc(C(=O)O)cc1. The average Bonchev–Trinajstić information content (AvgIpc) is 2.84. The van der Waals surface area contributed by atoms with Gasteiger partial charge in [0.15, 0.2) is 0 Å². The van der Waals surface area contributed by atoms with Crippen LogP contribution in [0.5, 0.6) is 0 Å². The van der Waals surface area contributed by atoms with Crippen LogP contribution in [0, 0.1) is 0 Å². The van der Waals surface area contributed by atoms with Crippen molar-refractivity contribution in [3.63, 3.8) is 0 Å². The quantitative estimate of drug-likeness (QED) is 0.286. The molecule has 0 unspecified atom stereocenters. The number of primary amides is 4. The summed E-state index contributed by atoms with van der Waals surface area (Å²) < 4.78 is 0. The smallest absolute Gasteiger partial charge is 0.335 e. The van der Waals surface area contributed by atoms with E-state index in [1.54, 1.807) is 0 Å². The molecule has 36 heavy (non-hydrogen) atoms. The number of hydrogen-bond acceptors (Lipinski definition) is 6. The maximum absolute atomic E-state index is 10.6. The van der Waals surface area contributed by atoms with Crippen LogP contribution in [-0.4, -0.2) is 45.8 Å². The molecule has 0 aromatic heterocycles. The molecule has 0 aliphatic carbocycles. The molecule has 0 aliphatic heterocycles. The van der Waals surface area contributed by atoms with E-state index < -0.39 is 35.6 Å². The highest BCUT2D eigenvalue weighted by atomic mass is 16.4. The molecule has 0 fully saturated rings. The van der Waals surface area contributed by atoms with Crippen LogP contribution >= 0.6 is 0 Å². The van der Waals surface area contributed by atoms with Crippen LogP contribution in [0.3, 0.4) is 0 Å². The minimum absolute atomic E-state index is 0.0833. The number of carboxylic acids is 2. The third-order valence-corrected chi connectivity index (χ3v) is 4.29. The van der Waals surface area contributed by atoms with E-state index in [-0.39, 0.29) is 11.1 Å². The maximum Gasteiger partial charge on any atom is 0.335 e. The predicted octanol–water partition coefficient (Wildman–Crippen LogP) is 0.852. The molecule has 3 aromatic carbocycles. The fourth-order valence-corrected chi connectivity index (χ4v) is 2.35. The molecule has 3 aromatic rings. The number of aromatic carboxylic acids is 2. The van der Waals surface area contributed by atoms with Gasteiger partial charge in [-0.3, -0.25) is 19.2 Å². The van der Waals surface area contributed by atoms with Crippen LogP contribution in [0.25, 0.3) is 0 Å². The number of nitrogens with two attached hydrogens (primary N) is 4. The van der Waals surface area contributed by atoms with E-state index in [1.807, 2.05) is 0 Å². The Kier molecular flexibility index (Phi) is 10.5. The van der Waals surface area contributed by atoms with Gasteiger partial charge in [0.25, 0.3) is 0 Å². The molecule has 4 amide bonds. The van der Waals surface area contributed by atoms with Gasteiger partial charge in [-0.1, -0.05) is 0 Å². The number of benzene rings is 3. The zero-order valence-corrected chi connectivity index (χ0v) is 18.6. The minimum atomic E-state index is -1.06. The van der Waals surface area contributed by atoms with Gasteiger partial charge in [-0.05, 0) is 72.8 Å². The van der Waals surface area contributed by atoms with E-state index >= 15 is 0 Å². The van der Waals surface area contributed by atoms with E-state index in [1.165, 1.54) is 72.8 Å². The molecule has 12 nitrogen and oxygen atoms in total. The van der Waals surface area contributed by atoms with Crippen molar-refractivity contribution in [2.45, 2.75) is 0 Å². The van der Waals surface area contributed by atoms with Gasteiger partial charge >= 0.3 is 11.9 Å². The lowest BCUT2D eigenvalue weighted by Crippen LogP contribution is -2.13. The highest BCUT2D eigenvalue weighted by Gasteiger charge is 2.05. The normalized spacial score (nSPS) is 9.33. The van der Waals surface area contributed by atoms with Gasteiger partial charge in [-0.2, -0.15) is 0 Å². The van der Waals surface area contributed by atoms with Gasteiger partial charge < -0.3 is 33.1 Å². The van der Waals surface area contributed by atoms with Crippen molar-refractivity contribution in [3.05, 3.63) is 106 Å². The number of carbonyl (C=O) groups is 6. The summed E-state index contributed by atoms with van der Waals surface area (Å²) in [4.78, 5) is 63.0. The molecule has 0 heterocycles. The van der Waals surface area contributed by atoms with Gasteiger partial charge in [0.1, 0.15) is 0 Å². The van der Waals surface area contributed by atoms with E-state index in [2.05, 4.69) is 0 Å². The van der Waals surface area contributed by atoms with Crippen LogP contribution in [0.1, 0.15) is 62.1 Å². The number of hydrogen-bond donors (Lipinski definition) is 6. The zero-order valence-electron chi connectivity index (χ0n) is 18.6. The highest BCUT2D eigenvalue weighted by Crippen LogP contribution is 2.04. The van der Waals surface area contributed by atoms with E-state index in [0.717, 1.165) is 0 Å². The molecule has 0 aliphatic rings. The standard InChI is InChI=1S/2C8H8N2O2.C8H6O4/c2*9-7(11)5-1-2-6(4-3-5)8(10)12;9-7(10)5-1-2-6(4-3-5)8(11)12/h2*1-4H,(H2,9,11)(H2,10,12);1-4H,(H,9,10)(H,11,12). The fraction of sp³-hybridized carbons (Fsp3) is 0. The molecule has 0 bridgehead atoms. The van der Waals surface area contributed by atoms with Gasteiger partial charge in [0, 0.05) is 22.3 Å². The van der Waals surface area contributed by atoms with Crippen LogP contribution in [-0.2, 0) is 0 Å². The minimum Gasteiger partial charge on any atom is -0.478 e. The Morgan fingerprint density at radius 1 is 0.361 bits per heavy atom. The van der Waals surface area contributed by atoms with Crippen molar-refractivity contribution in [1.82, 2.24) is 0 Å². The number of carbonyl (C=O) groups excluding carboxylic acids is 4. The van der Waals surface area contributed by atoms with Crippen LogP contribution in [0.2, 0.25) is 0 Å². The van der Waals surface area contributed by atoms with Crippen molar-refractivity contribution < 1.29 is 39.0 Å². The lowest BCUT2D eigenvalue weighted by Gasteiger charge is -1.96. The summed E-state index contributed by atoms with van der Waals surface area (Å²) in [5, 5.41) is 16.9. The van der Waals surface area contributed by atoms with Crippen LogP contribution < -0.4 is 22.9 Å². The summed E-state index contributed by atoms with van der Waals surface area (Å²) in [6, 6.07) is 16.7. The summed E-state index contributed by atoms with van der Waals surface area (Å²) in [6.07, 6.45) is 0. The van der Waals surface area contributed by atoms with E-state index in [0.29, 0.717) is 22.3 Å². The predicted molar refractivity (Wildman–Crippen MR) is 127 cm³/mol. The van der Waals surface area contributed by atoms with Gasteiger partial charge in [0.2, 0.25) is 23.6 Å². The molecule has 186 valence electrons. The molecule has 0 saturated carbocycles. The van der Waals surface area contributed by atoms with Crippen molar-refractivity contribution in [3.8, 4) is 0 Å². The van der Waals surface area contributed by atoms with Gasteiger partial charge in [-0.15, -0.1) is 0 Å². The fourth-order valence-electron chi connectivity index (χ4n) is 2.35. The molecule has 0 atom stereocenters. The molecule has 0 saturated heterocycles. The molecular formula is C24H22N4O8.